The molecule has 0 aliphatic heterocycles. The van der Waals surface area contributed by atoms with Crippen molar-refractivity contribution in [2.24, 2.45) is 0 Å². The van der Waals surface area contributed by atoms with Crippen molar-refractivity contribution in [3.8, 4) is 44.5 Å². The Morgan fingerprint density at radius 2 is 0.852 bits per heavy atom. The Bertz CT molecular complexity index is 2910. The maximum Gasteiger partial charge on any atom is 0.159 e. The van der Waals surface area contributed by atoms with E-state index in [1.165, 1.54) is 44.2 Å². The van der Waals surface area contributed by atoms with Gasteiger partial charge in [0.15, 0.2) is 5.58 Å². The minimum Gasteiger partial charge on any atom is -0.453 e. The van der Waals surface area contributed by atoms with Crippen molar-refractivity contribution in [3.63, 3.8) is 0 Å². The Morgan fingerprint density at radius 1 is 0.296 bits per heavy atom. The third-order valence-corrected chi connectivity index (χ3v) is 10.5. The Morgan fingerprint density at radius 3 is 1.56 bits per heavy atom. The van der Waals surface area contributed by atoms with Crippen LogP contribution in [0.25, 0.3) is 77.2 Å². The topological polar surface area (TPSA) is 16.4 Å². The van der Waals surface area contributed by atoms with Gasteiger partial charge < -0.3 is 9.32 Å². The zero-order chi connectivity index (χ0) is 35.8. The summed E-state index contributed by atoms with van der Waals surface area (Å²) in [6.07, 6.45) is 0. The second-order valence-corrected chi connectivity index (χ2v) is 13.7. The van der Waals surface area contributed by atoms with Gasteiger partial charge in [0.05, 0.1) is 5.69 Å². The maximum absolute atomic E-state index is 6.99. The minimum atomic E-state index is 0.850. The normalized spacial score (nSPS) is 11.3. The average molecular weight is 690 g/mol. The first kappa shape index (κ1) is 31.6. The van der Waals surface area contributed by atoms with Crippen molar-refractivity contribution >= 4 is 49.8 Å². The van der Waals surface area contributed by atoms with Crippen LogP contribution >= 0.6 is 0 Å². The Hall–Kier alpha value is -7.16. The summed E-state index contributed by atoms with van der Waals surface area (Å²) in [5, 5.41) is 4.66. The van der Waals surface area contributed by atoms with E-state index in [9.17, 15) is 0 Å². The van der Waals surface area contributed by atoms with Crippen LogP contribution in [-0.4, -0.2) is 0 Å². The summed E-state index contributed by atoms with van der Waals surface area (Å²) < 4.78 is 6.99. The molecule has 0 saturated heterocycles. The third kappa shape index (κ3) is 5.62. The summed E-state index contributed by atoms with van der Waals surface area (Å²) in [6, 6.07) is 75.7. The van der Waals surface area contributed by atoms with Gasteiger partial charge in [-0.1, -0.05) is 176 Å². The molecule has 1 aromatic heterocycles. The molecule has 0 fully saturated rings. The Labute approximate surface area is 314 Å². The molecule has 2 nitrogen and oxygen atoms in total. The van der Waals surface area contributed by atoms with Crippen LogP contribution in [0.1, 0.15) is 0 Å². The lowest BCUT2D eigenvalue weighted by Crippen LogP contribution is -2.10. The fraction of sp³-hybridized carbons (Fsp3) is 0. The lowest BCUT2D eigenvalue weighted by Gasteiger charge is -2.27. The van der Waals surface area contributed by atoms with E-state index in [2.05, 4.69) is 217 Å². The quantitative estimate of drug-likeness (QED) is 0.166. The molecule has 0 unspecified atom stereocenters. The fourth-order valence-corrected chi connectivity index (χ4v) is 7.82. The van der Waals surface area contributed by atoms with Crippen molar-refractivity contribution in [1.29, 1.82) is 0 Å². The van der Waals surface area contributed by atoms with E-state index in [0.717, 1.165) is 50.1 Å². The molecule has 0 atom stereocenters. The number of nitrogens with zero attached hydrogens (tertiary/aromatic N) is 1. The summed E-state index contributed by atoms with van der Waals surface area (Å²) >= 11 is 0. The summed E-state index contributed by atoms with van der Waals surface area (Å²) in [5.41, 5.74) is 14.1. The number of hydrogen-bond donors (Lipinski definition) is 0. The molecule has 0 aliphatic rings. The highest BCUT2D eigenvalue weighted by molar-refractivity contribution is 6.13. The van der Waals surface area contributed by atoms with Crippen LogP contribution in [0.4, 0.5) is 17.1 Å². The molecule has 1 heterocycles. The van der Waals surface area contributed by atoms with Crippen LogP contribution in [-0.2, 0) is 0 Å². The molecule has 0 N–H and O–H groups in total. The first-order valence-corrected chi connectivity index (χ1v) is 18.4. The molecule has 10 rings (SSSR count). The molecular formula is C52H35NO. The molecular weight excluding hydrogens is 655 g/mol. The standard InChI is InChI=1S/C52H35NO/c1-4-15-38(16-5-1)45-33-32-44(35-49(45)40-19-8-3-9-20-40)53(43-30-28-37(29-31-43)42-27-26-36-14-10-11-21-41(36)34-42)50-25-13-24-48-47-23-12-22-46(51(47)54-52(48)50)39-17-6-2-7-18-39/h1-35H. The zero-order valence-electron chi connectivity index (χ0n) is 29.6. The van der Waals surface area contributed by atoms with Crippen molar-refractivity contribution < 1.29 is 4.42 Å². The Balaban J connectivity index is 1.18. The van der Waals surface area contributed by atoms with Crippen molar-refractivity contribution in [2.75, 3.05) is 4.90 Å². The van der Waals surface area contributed by atoms with E-state index < -0.39 is 0 Å². The van der Waals surface area contributed by atoms with Gasteiger partial charge in [0.25, 0.3) is 0 Å². The van der Waals surface area contributed by atoms with E-state index >= 15 is 0 Å². The molecule has 9 aromatic carbocycles. The summed E-state index contributed by atoms with van der Waals surface area (Å²) in [6.45, 7) is 0. The molecule has 54 heavy (non-hydrogen) atoms. The van der Waals surface area contributed by atoms with Crippen LogP contribution in [0.5, 0.6) is 0 Å². The van der Waals surface area contributed by atoms with Crippen LogP contribution in [0.3, 0.4) is 0 Å². The Kier molecular flexibility index (Phi) is 7.85. The first-order chi connectivity index (χ1) is 26.8. The first-order valence-electron chi connectivity index (χ1n) is 18.4. The summed E-state index contributed by atoms with van der Waals surface area (Å²) in [4.78, 5) is 2.35. The monoisotopic (exact) mass is 689 g/mol. The van der Waals surface area contributed by atoms with E-state index in [0.29, 0.717) is 0 Å². The molecule has 0 aliphatic carbocycles. The van der Waals surface area contributed by atoms with Crippen molar-refractivity contribution in [2.45, 2.75) is 0 Å². The van der Waals surface area contributed by atoms with Crippen LogP contribution in [0.15, 0.2) is 217 Å². The molecule has 0 amide bonds. The highest BCUT2D eigenvalue weighted by Crippen LogP contribution is 2.46. The number of fused-ring (bicyclic) bond motifs is 4. The molecule has 0 radical (unpaired) electrons. The summed E-state index contributed by atoms with van der Waals surface area (Å²) in [5.74, 6) is 0. The molecule has 254 valence electrons. The number of anilines is 3. The molecule has 2 heteroatoms. The SMILES string of the molecule is c1ccc(-c2ccc(N(c3ccc(-c4ccc5ccccc5c4)cc3)c3cccc4c3oc3c(-c5ccccc5)cccc34)cc2-c2ccccc2)cc1. The zero-order valence-corrected chi connectivity index (χ0v) is 29.6. The van der Waals surface area contributed by atoms with Gasteiger partial charge >= 0.3 is 0 Å². The number of benzene rings is 9. The number of hydrogen-bond acceptors (Lipinski definition) is 2. The van der Waals surface area contributed by atoms with E-state index in [-0.39, 0.29) is 0 Å². The third-order valence-electron chi connectivity index (χ3n) is 10.5. The highest BCUT2D eigenvalue weighted by atomic mass is 16.3. The molecule has 0 saturated carbocycles. The van der Waals surface area contributed by atoms with Crippen LogP contribution < -0.4 is 4.90 Å². The van der Waals surface area contributed by atoms with Crippen molar-refractivity contribution in [3.05, 3.63) is 212 Å². The van der Waals surface area contributed by atoms with Gasteiger partial charge in [-0.3, -0.25) is 0 Å². The van der Waals surface area contributed by atoms with E-state index in [4.69, 9.17) is 4.42 Å². The van der Waals surface area contributed by atoms with Gasteiger partial charge in [0, 0.05) is 27.7 Å². The minimum absolute atomic E-state index is 0.850. The lowest BCUT2D eigenvalue weighted by molar-refractivity contribution is 0.670. The number of rotatable bonds is 7. The molecule has 0 spiro atoms. The largest absolute Gasteiger partial charge is 0.453 e. The average Bonchev–Trinajstić information content (AvgIpc) is 3.65. The number of para-hydroxylation sites is 2. The maximum atomic E-state index is 6.99. The van der Waals surface area contributed by atoms with Gasteiger partial charge in [-0.25, -0.2) is 0 Å². The predicted molar refractivity (Wildman–Crippen MR) is 228 cm³/mol. The second kappa shape index (κ2) is 13.4. The number of furan rings is 1. The van der Waals surface area contributed by atoms with Crippen molar-refractivity contribution in [1.82, 2.24) is 0 Å². The van der Waals surface area contributed by atoms with Gasteiger partial charge in [-0.2, -0.15) is 0 Å². The van der Waals surface area contributed by atoms with Gasteiger partial charge in [0.1, 0.15) is 5.58 Å². The highest BCUT2D eigenvalue weighted by Gasteiger charge is 2.22. The lowest BCUT2D eigenvalue weighted by atomic mass is 9.93. The van der Waals surface area contributed by atoms with Gasteiger partial charge in [-0.05, 0) is 86.1 Å². The molecule has 10 aromatic rings. The predicted octanol–water partition coefficient (Wildman–Crippen LogP) is 14.9. The van der Waals surface area contributed by atoms with Gasteiger partial charge in [0.2, 0.25) is 0 Å². The van der Waals surface area contributed by atoms with Crippen LogP contribution in [0, 0.1) is 0 Å². The van der Waals surface area contributed by atoms with E-state index in [1.807, 2.05) is 0 Å². The summed E-state index contributed by atoms with van der Waals surface area (Å²) in [7, 11) is 0. The second-order valence-electron chi connectivity index (χ2n) is 13.7. The van der Waals surface area contributed by atoms with Crippen LogP contribution in [0.2, 0.25) is 0 Å². The smallest absolute Gasteiger partial charge is 0.159 e. The van der Waals surface area contributed by atoms with E-state index in [1.54, 1.807) is 0 Å². The fourth-order valence-electron chi connectivity index (χ4n) is 7.82. The van der Waals surface area contributed by atoms with Gasteiger partial charge in [-0.15, -0.1) is 0 Å². The molecule has 0 bridgehead atoms.